The summed E-state index contributed by atoms with van der Waals surface area (Å²) in [5, 5.41) is 1.04. The van der Waals surface area contributed by atoms with E-state index in [2.05, 4.69) is 11.0 Å². The van der Waals surface area contributed by atoms with Crippen molar-refractivity contribution in [2.75, 3.05) is 33.6 Å². The van der Waals surface area contributed by atoms with E-state index in [0.29, 0.717) is 11.5 Å². The number of rotatable bonds is 7. The Hall–Kier alpha value is -2.44. The predicted octanol–water partition coefficient (Wildman–Crippen LogP) is 5.56. The molecule has 0 radical (unpaired) electrons. The number of benzene rings is 2. The molecule has 1 aliphatic rings. The third kappa shape index (κ3) is 3.82. The lowest BCUT2D eigenvalue weighted by molar-refractivity contribution is -0.113. The Morgan fingerprint density at radius 2 is 1.80 bits per heavy atom. The van der Waals surface area contributed by atoms with Gasteiger partial charge in [-0.15, -0.1) is 11.8 Å². The second kappa shape index (κ2) is 9.14. The van der Waals surface area contributed by atoms with Gasteiger partial charge >= 0.3 is 0 Å². The summed E-state index contributed by atoms with van der Waals surface area (Å²) in [6.45, 7) is 1.94. The van der Waals surface area contributed by atoms with Gasteiger partial charge < -0.3 is 18.7 Å². The van der Waals surface area contributed by atoms with Gasteiger partial charge in [0.25, 0.3) is 0 Å². The van der Waals surface area contributed by atoms with Crippen molar-refractivity contribution in [2.24, 2.45) is 0 Å². The molecule has 0 saturated carbocycles. The first-order valence-corrected chi connectivity index (χ1v) is 11.4. The van der Waals surface area contributed by atoms with Gasteiger partial charge in [0.15, 0.2) is 11.5 Å². The minimum absolute atomic E-state index is 0.205. The van der Waals surface area contributed by atoms with Crippen molar-refractivity contribution >= 4 is 29.0 Å². The van der Waals surface area contributed by atoms with Crippen LogP contribution in [0, 0.1) is 0 Å². The summed E-state index contributed by atoms with van der Waals surface area (Å²) in [7, 11) is 3.25. The Morgan fingerprint density at radius 3 is 2.47 bits per heavy atom. The number of ether oxygens (including phenoxy) is 2. The van der Waals surface area contributed by atoms with Crippen LogP contribution < -0.4 is 9.47 Å². The van der Waals surface area contributed by atoms with E-state index >= 15 is 0 Å². The minimum Gasteiger partial charge on any atom is -0.493 e. The Kier molecular flexibility index (Phi) is 6.35. The highest BCUT2D eigenvalue weighted by molar-refractivity contribution is 7.99. The summed E-state index contributed by atoms with van der Waals surface area (Å²) in [4.78, 5) is 15.3. The standard InChI is InChI=1S/C24H27NO4S/c1-27-21-10-8-17(14-22(21)28-2)23-24(30-3)18-13-16(7-9-20(18)29-23)19(15-26)25-11-5-4-6-12-25/h7-10,13-15,19H,4-6,11-12H2,1-3H3. The normalized spacial score (nSPS) is 15.8. The average molecular weight is 426 g/mol. The number of piperidine rings is 1. The fraction of sp³-hybridized carbons (Fsp3) is 0.375. The smallest absolute Gasteiger partial charge is 0.161 e. The first-order valence-electron chi connectivity index (χ1n) is 10.2. The topological polar surface area (TPSA) is 51.9 Å². The zero-order valence-corrected chi connectivity index (χ0v) is 18.5. The van der Waals surface area contributed by atoms with Gasteiger partial charge in [-0.05, 0) is 68.1 Å². The number of hydrogen-bond acceptors (Lipinski definition) is 6. The zero-order valence-electron chi connectivity index (χ0n) is 17.6. The summed E-state index contributed by atoms with van der Waals surface area (Å²) in [6, 6.07) is 11.7. The van der Waals surface area contributed by atoms with E-state index in [4.69, 9.17) is 13.9 Å². The van der Waals surface area contributed by atoms with Crippen LogP contribution in [-0.2, 0) is 4.79 Å². The molecular weight excluding hydrogens is 398 g/mol. The van der Waals surface area contributed by atoms with Crippen LogP contribution in [0.4, 0.5) is 0 Å². The van der Waals surface area contributed by atoms with Crippen LogP contribution in [0.3, 0.4) is 0 Å². The van der Waals surface area contributed by atoms with Crippen molar-refractivity contribution in [2.45, 2.75) is 30.2 Å². The van der Waals surface area contributed by atoms with Crippen molar-refractivity contribution in [1.82, 2.24) is 4.90 Å². The Labute approximate surface area is 181 Å². The zero-order chi connectivity index (χ0) is 21.1. The van der Waals surface area contributed by atoms with E-state index < -0.39 is 0 Å². The van der Waals surface area contributed by atoms with Crippen molar-refractivity contribution in [3.05, 3.63) is 42.0 Å². The maximum atomic E-state index is 12.0. The van der Waals surface area contributed by atoms with Crippen LogP contribution in [0.2, 0.25) is 0 Å². The molecule has 30 heavy (non-hydrogen) atoms. The van der Waals surface area contributed by atoms with Gasteiger partial charge in [-0.1, -0.05) is 12.5 Å². The van der Waals surface area contributed by atoms with Gasteiger partial charge in [0.2, 0.25) is 0 Å². The lowest BCUT2D eigenvalue weighted by atomic mass is 10.0. The summed E-state index contributed by atoms with van der Waals surface area (Å²) >= 11 is 1.65. The summed E-state index contributed by atoms with van der Waals surface area (Å²) in [5.74, 6) is 2.14. The molecule has 4 rings (SSSR count). The molecule has 0 N–H and O–H groups in total. The number of aldehydes is 1. The quantitative estimate of drug-likeness (QED) is 0.365. The lowest BCUT2D eigenvalue weighted by Gasteiger charge is -2.31. The number of nitrogens with zero attached hydrogens (tertiary/aromatic N) is 1. The van der Waals surface area contributed by atoms with Crippen LogP contribution in [0.25, 0.3) is 22.3 Å². The Bertz CT molecular complexity index is 1040. The third-order valence-corrected chi connectivity index (χ3v) is 6.58. The molecule has 2 aromatic carbocycles. The second-order valence-corrected chi connectivity index (χ2v) is 8.28. The monoisotopic (exact) mass is 425 g/mol. The highest BCUT2D eigenvalue weighted by Crippen LogP contribution is 2.42. The number of fused-ring (bicyclic) bond motifs is 1. The highest BCUT2D eigenvalue weighted by Gasteiger charge is 2.24. The summed E-state index contributed by atoms with van der Waals surface area (Å²) < 4.78 is 17.1. The second-order valence-electron chi connectivity index (χ2n) is 7.47. The number of thioether (sulfide) groups is 1. The molecule has 0 spiro atoms. The number of carbonyl (C=O) groups excluding carboxylic acids is 1. The highest BCUT2D eigenvalue weighted by atomic mass is 32.2. The third-order valence-electron chi connectivity index (χ3n) is 5.77. The number of likely N-dealkylation sites (tertiary alicyclic amines) is 1. The van der Waals surface area contributed by atoms with Crippen molar-refractivity contribution in [1.29, 1.82) is 0 Å². The van der Waals surface area contributed by atoms with Gasteiger partial charge in [-0.2, -0.15) is 0 Å². The molecule has 1 atom stereocenters. The number of carbonyl (C=O) groups is 1. The van der Waals surface area contributed by atoms with E-state index in [1.807, 2.05) is 36.6 Å². The van der Waals surface area contributed by atoms with Gasteiger partial charge in [0.05, 0.1) is 25.2 Å². The maximum Gasteiger partial charge on any atom is 0.161 e. The molecule has 1 aliphatic heterocycles. The van der Waals surface area contributed by atoms with E-state index in [1.165, 1.54) is 6.42 Å². The molecule has 158 valence electrons. The van der Waals surface area contributed by atoms with Crippen LogP contribution in [-0.4, -0.2) is 44.8 Å². The van der Waals surface area contributed by atoms with Crippen molar-refractivity contribution in [3.63, 3.8) is 0 Å². The van der Waals surface area contributed by atoms with E-state index in [0.717, 1.165) is 65.0 Å². The predicted molar refractivity (Wildman–Crippen MR) is 121 cm³/mol. The molecule has 0 amide bonds. The molecule has 3 aromatic rings. The Balaban J connectivity index is 1.77. The van der Waals surface area contributed by atoms with Crippen molar-refractivity contribution < 1.29 is 18.7 Å². The first kappa shape index (κ1) is 20.8. The summed E-state index contributed by atoms with van der Waals surface area (Å²) in [5.41, 5.74) is 2.77. The molecule has 1 unspecified atom stereocenters. The van der Waals surface area contributed by atoms with Crippen LogP contribution in [0.15, 0.2) is 45.7 Å². The Morgan fingerprint density at radius 1 is 1.03 bits per heavy atom. The van der Waals surface area contributed by atoms with E-state index in [1.54, 1.807) is 26.0 Å². The van der Waals surface area contributed by atoms with Crippen LogP contribution in [0.1, 0.15) is 30.9 Å². The van der Waals surface area contributed by atoms with Gasteiger partial charge in [0, 0.05) is 10.9 Å². The molecule has 1 aromatic heterocycles. The van der Waals surface area contributed by atoms with E-state index in [-0.39, 0.29) is 6.04 Å². The van der Waals surface area contributed by atoms with Gasteiger partial charge in [0.1, 0.15) is 17.6 Å². The van der Waals surface area contributed by atoms with Gasteiger partial charge in [-0.25, -0.2) is 0 Å². The average Bonchev–Trinajstić information content (AvgIpc) is 3.17. The number of methoxy groups -OCH3 is 2. The molecule has 6 heteroatoms. The molecule has 0 bridgehead atoms. The fourth-order valence-electron chi connectivity index (χ4n) is 4.22. The maximum absolute atomic E-state index is 12.0. The molecule has 0 aliphatic carbocycles. The molecular formula is C24H27NO4S. The summed E-state index contributed by atoms with van der Waals surface area (Å²) in [6.07, 6.45) is 6.66. The first-order chi connectivity index (χ1) is 14.7. The minimum atomic E-state index is -0.205. The number of hydrogen-bond donors (Lipinski definition) is 0. The molecule has 1 saturated heterocycles. The molecule has 5 nitrogen and oxygen atoms in total. The lowest BCUT2D eigenvalue weighted by Crippen LogP contribution is -2.34. The SMILES string of the molecule is COc1ccc(-c2oc3ccc(C(C=O)N4CCCCC4)cc3c2SC)cc1OC. The number of furan rings is 1. The van der Waals surface area contributed by atoms with Crippen molar-refractivity contribution in [3.8, 4) is 22.8 Å². The van der Waals surface area contributed by atoms with Crippen LogP contribution >= 0.6 is 11.8 Å². The fourth-order valence-corrected chi connectivity index (χ4v) is 4.94. The van der Waals surface area contributed by atoms with Gasteiger partial charge in [-0.3, -0.25) is 4.90 Å². The molecule has 2 heterocycles. The molecule has 1 fully saturated rings. The van der Waals surface area contributed by atoms with Crippen LogP contribution in [0.5, 0.6) is 11.5 Å². The largest absolute Gasteiger partial charge is 0.493 e. The van der Waals surface area contributed by atoms with E-state index in [9.17, 15) is 4.79 Å².